The van der Waals surface area contributed by atoms with Crippen LogP contribution >= 0.6 is 0 Å². The number of piperidine rings is 1. The first-order valence-corrected chi connectivity index (χ1v) is 12.3. The van der Waals surface area contributed by atoms with Crippen LogP contribution in [0.3, 0.4) is 0 Å². The van der Waals surface area contributed by atoms with Crippen LogP contribution in [-0.4, -0.2) is 61.6 Å². The minimum absolute atomic E-state index is 0.269. The van der Waals surface area contributed by atoms with Gasteiger partial charge >= 0.3 is 0 Å². The molecule has 3 aliphatic heterocycles. The fourth-order valence-corrected chi connectivity index (χ4v) is 6.05. The first-order chi connectivity index (χ1) is 15.7. The van der Waals surface area contributed by atoms with Crippen molar-refractivity contribution in [1.82, 2.24) is 9.80 Å². The second kappa shape index (κ2) is 8.11. The minimum Gasteiger partial charge on any atom is -0.493 e. The summed E-state index contributed by atoms with van der Waals surface area (Å²) in [6.07, 6.45) is 4.48. The van der Waals surface area contributed by atoms with Gasteiger partial charge in [0.1, 0.15) is 5.75 Å². The predicted molar refractivity (Wildman–Crippen MR) is 126 cm³/mol. The molecular formula is C27H33N3O2. The fourth-order valence-electron chi connectivity index (χ4n) is 6.05. The van der Waals surface area contributed by atoms with Gasteiger partial charge in [0.2, 0.25) is 5.91 Å². The minimum atomic E-state index is 0.269. The van der Waals surface area contributed by atoms with Crippen molar-refractivity contribution in [1.29, 1.82) is 0 Å². The molecule has 2 saturated heterocycles. The third kappa shape index (κ3) is 3.77. The molecule has 1 atom stereocenters. The molecule has 0 aromatic heterocycles. The molecule has 1 aliphatic carbocycles. The van der Waals surface area contributed by atoms with Crippen molar-refractivity contribution >= 4 is 11.6 Å². The van der Waals surface area contributed by atoms with Crippen LogP contribution in [0.15, 0.2) is 48.5 Å². The number of amides is 1. The van der Waals surface area contributed by atoms with Gasteiger partial charge in [0.15, 0.2) is 0 Å². The molecular weight excluding hydrogens is 398 g/mol. The molecule has 6 rings (SSSR count). The van der Waals surface area contributed by atoms with Gasteiger partial charge in [-0.3, -0.25) is 9.69 Å². The van der Waals surface area contributed by atoms with Crippen LogP contribution in [0.25, 0.3) is 0 Å². The van der Waals surface area contributed by atoms with Crippen molar-refractivity contribution in [2.75, 3.05) is 50.8 Å². The molecule has 3 fully saturated rings. The number of piperazine rings is 1. The second-order valence-corrected chi connectivity index (χ2v) is 10.1. The van der Waals surface area contributed by atoms with E-state index in [0.717, 1.165) is 71.0 Å². The number of likely N-dealkylation sites (tertiary alicyclic amines) is 1. The molecule has 0 radical (unpaired) electrons. The van der Waals surface area contributed by atoms with Gasteiger partial charge in [-0.05, 0) is 67.1 Å². The van der Waals surface area contributed by atoms with Crippen molar-refractivity contribution < 1.29 is 9.53 Å². The molecule has 0 bridgehead atoms. The molecule has 5 heteroatoms. The Kier molecular flexibility index (Phi) is 5.09. The Balaban J connectivity index is 0.995. The van der Waals surface area contributed by atoms with Gasteiger partial charge in [-0.15, -0.1) is 0 Å². The van der Waals surface area contributed by atoms with E-state index in [0.29, 0.717) is 5.91 Å². The molecule has 5 nitrogen and oxygen atoms in total. The summed E-state index contributed by atoms with van der Waals surface area (Å²) in [5.74, 6) is 1.75. The molecule has 0 N–H and O–H groups in total. The van der Waals surface area contributed by atoms with Crippen LogP contribution in [0.5, 0.6) is 5.75 Å². The van der Waals surface area contributed by atoms with Crippen molar-refractivity contribution in [3.63, 3.8) is 0 Å². The Hall–Kier alpha value is -2.53. The molecule has 168 valence electrons. The summed E-state index contributed by atoms with van der Waals surface area (Å²) >= 11 is 0. The highest BCUT2D eigenvalue weighted by molar-refractivity contribution is 5.83. The van der Waals surface area contributed by atoms with Gasteiger partial charge in [-0.2, -0.15) is 0 Å². The molecule has 3 heterocycles. The topological polar surface area (TPSA) is 36.0 Å². The summed E-state index contributed by atoms with van der Waals surface area (Å²) in [6, 6.07) is 17.2. The Morgan fingerprint density at radius 3 is 2.53 bits per heavy atom. The number of hydrogen-bond donors (Lipinski definition) is 0. The van der Waals surface area contributed by atoms with E-state index in [4.69, 9.17) is 4.74 Å². The van der Waals surface area contributed by atoms with Gasteiger partial charge in [0, 0.05) is 50.7 Å². The van der Waals surface area contributed by atoms with Gasteiger partial charge in [0.05, 0.1) is 6.61 Å². The molecule has 2 aromatic carbocycles. The molecule has 1 saturated carbocycles. The predicted octanol–water partition coefficient (Wildman–Crippen LogP) is 3.57. The summed E-state index contributed by atoms with van der Waals surface area (Å²) in [6.45, 7) is 7.65. The number of anilines is 1. The lowest BCUT2D eigenvalue weighted by Crippen LogP contribution is -2.50. The highest BCUT2D eigenvalue weighted by atomic mass is 16.5. The number of hydrogen-bond acceptors (Lipinski definition) is 4. The van der Waals surface area contributed by atoms with Crippen LogP contribution in [-0.2, 0) is 17.8 Å². The maximum atomic E-state index is 13.2. The second-order valence-electron chi connectivity index (χ2n) is 10.1. The molecule has 1 amide bonds. The first-order valence-electron chi connectivity index (χ1n) is 12.3. The van der Waals surface area contributed by atoms with E-state index in [1.54, 1.807) is 0 Å². The molecule has 32 heavy (non-hydrogen) atoms. The van der Waals surface area contributed by atoms with Gasteiger partial charge in [-0.1, -0.05) is 30.3 Å². The van der Waals surface area contributed by atoms with Gasteiger partial charge in [-0.25, -0.2) is 0 Å². The number of ether oxygens (including phenoxy) is 1. The van der Waals surface area contributed by atoms with E-state index in [2.05, 4.69) is 63.2 Å². The summed E-state index contributed by atoms with van der Waals surface area (Å²) < 4.78 is 5.64. The fraction of sp³-hybridized carbons (Fsp3) is 0.519. The van der Waals surface area contributed by atoms with Crippen molar-refractivity contribution in [2.45, 2.75) is 32.2 Å². The van der Waals surface area contributed by atoms with Crippen molar-refractivity contribution in [2.24, 2.45) is 11.3 Å². The standard InChI is InChI=1S/C27H33N3O2/c31-26(30-15-13-29(14-16-30)23-4-2-1-3-5-23)24-19-27(24)9-11-28(12-10-27)20-21-6-7-25-22(18-21)8-17-32-25/h1-7,18,24H,8-17,19-20H2. The Labute approximate surface area is 190 Å². The van der Waals surface area contributed by atoms with Crippen molar-refractivity contribution in [3.05, 3.63) is 59.7 Å². The molecule has 1 unspecified atom stereocenters. The Bertz CT molecular complexity index is 976. The molecule has 2 aromatic rings. The van der Waals surface area contributed by atoms with E-state index in [-0.39, 0.29) is 11.3 Å². The van der Waals surface area contributed by atoms with Crippen LogP contribution in [0, 0.1) is 11.3 Å². The zero-order valence-electron chi connectivity index (χ0n) is 18.8. The Morgan fingerprint density at radius 2 is 1.75 bits per heavy atom. The van der Waals surface area contributed by atoms with E-state index < -0.39 is 0 Å². The van der Waals surface area contributed by atoms with Crippen LogP contribution in [0.4, 0.5) is 5.69 Å². The third-order valence-electron chi connectivity index (χ3n) is 8.21. The zero-order chi connectivity index (χ0) is 21.5. The highest BCUT2D eigenvalue weighted by Gasteiger charge is 2.59. The van der Waals surface area contributed by atoms with E-state index in [1.807, 2.05) is 0 Å². The smallest absolute Gasteiger partial charge is 0.226 e. The average Bonchev–Trinajstić information content (AvgIpc) is 3.33. The highest BCUT2D eigenvalue weighted by Crippen LogP contribution is 2.60. The van der Waals surface area contributed by atoms with Gasteiger partial charge < -0.3 is 14.5 Å². The lowest BCUT2D eigenvalue weighted by molar-refractivity contribution is -0.134. The lowest BCUT2D eigenvalue weighted by Gasteiger charge is -2.37. The van der Waals surface area contributed by atoms with E-state index in [9.17, 15) is 4.79 Å². The number of carbonyl (C=O) groups is 1. The quantitative estimate of drug-likeness (QED) is 0.742. The number of fused-ring (bicyclic) bond motifs is 1. The number of benzene rings is 2. The zero-order valence-corrected chi connectivity index (χ0v) is 18.8. The van der Waals surface area contributed by atoms with E-state index >= 15 is 0 Å². The maximum absolute atomic E-state index is 13.2. The summed E-state index contributed by atoms with van der Waals surface area (Å²) in [5, 5.41) is 0. The normalized spacial score (nSPS) is 24.3. The van der Waals surface area contributed by atoms with Crippen LogP contribution in [0.2, 0.25) is 0 Å². The molecule has 4 aliphatic rings. The maximum Gasteiger partial charge on any atom is 0.226 e. The third-order valence-corrected chi connectivity index (χ3v) is 8.21. The number of rotatable bonds is 4. The summed E-state index contributed by atoms with van der Waals surface area (Å²) in [5.41, 5.74) is 4.31. The number of nitrogens with zero attached hydrogens (tertiary/aromatic N) is 3. The first kappa shape index (κ1) is 20.1. The molecule has 1 spiro atoms. The SMILES string of the molecule is O=C(C1CC12CCN(Cc1ccc3c(c1)CCO3)CC2)N1CCN(c2ccccc2)CC1. The van der Waals surface area contributed by atoms with Crippen LogP contribution in [0.1, 0.15) is 30.4 Å². The van der Waals surface area contributed by atoms with Crippen LogP contribution < -0.4 is 9.64 Å². The largest absolute Gasteiger partial charge is 0.493 e. The van der Waals surface area contributed by atoms with Gasteiger partial charge in [0.25, 0.3) is 0 Å². The Morgan fingerprint density at radius 1 is 0.969 bits per heavy atom. The monoisotopic (exact) mass is 431 g/mol. The number of para-hydroxylation sites is 1. The van der Waals surface area contributed by atoms with E-state index in [1.165, 1.54) is 29.7 Å². The summed E-state index contributed by atoms with van der Waals surface area (Å²) in [4.78, 5) is 20.3. The summed E-state index contributed by atoms with van der Waals surface area (Å²) in [7, 11) is 0. The average molecular weight is 432 g/mol. The van der Waals surface area contributed by atoms with Crippen molar-refractivity contribution in [3.8, 4) is 5.75 Å². The number of carbonyl (C=O) groups excluding carboxylic acids is 1. The lowest BCUT2D eigenvalue weighted by atomic mass is 9.90.